The highest BCUT2D eigenvalue weighted by Gasteiger charge is 2.21. The third-order valence-corrected chi connectivity index (χ3v) is 7.87. The van der Waals surface area contributed by atoms with Gasteiger partial charge in [0.15, 0.2) is 0 Å². The Labute approximate surface area is 248 Å². The lowest BCUT2D eigenvalue weighted by atomic mass is 10.2. The minimum Gasteiger partial charge on any atom is -0.494 e. The van der Waals surface area contributed by atoms with E-state index in [0.717, 1.165) is 80.7 Å². The average molecular weight is 572 g/mol. The van der Waals surface area contributed by atoms with E-state index in [1.165, 1.54) is 6.08 Å². The van der Waals surface area contributed by atoms with Crippen LogP contribution in [0.25, 0.3) is 0 Å². The van der Waals surface area contributed by atoms with E-state index in [1.807, 2.05) is 37.3 Å². The van der Waals surface area contributed by atoms with Crippen LogP contribution in [0.4, 0.5) is 28.6 Å². The molecule has 3 aromatic rings. The molecular formula is C32H41N7O3. The van der Waals surface area contributed by atoms with Gasteiger partial charge < -0.3 is 39.7 Å². The molecule has 0 bridgehead atoms. The molecule has 2 aromatic carbocycles. The fourth-order valence-corrected chi connectivity index (χ4v) is 5.14. The van der Waals surface area contributed by atoms with Gasteiger partial charge in [-0.2, -0.15) is 4.98 Å². The summed E-state index contributed by atoms with van der Waals surface area (Å²) in [5.74, 6) is 2.18. The number of anilines is 5. The SMILES string of the molecule is C=CC(=O)Nc1cc(Oc2nc(Nc3ccc(N4CCN(C)CC4)cc3OC)ccc2N2CCN(C)CC2)ccc1C. The lowest BCUT2D eigenvalue weighted by molar-refractivity contribution is -0.111. The van der Waals surface area contributed by atoms with Crippen LogP contribution < -0.4 is 29.9 Å². The maximum absolute atomic E-state index is 12.0. The Morgan fingerprint density at radius 1 is 0.881 bits per heavy atom. The smallest absolute Gasteiger partial charge is 0.247 e. The lowest BCUT2D eigenvalue weighted by Gasteiger charge is -2.34. The molecule has 222 valence electrons. The van der Waals surface area contributed by atoms with Gasteiger partial charge in [0.2, 0.25) is 11.8 Å². The van der Waals surface area contributed by atoms with Crippen molar-refractivity contribution in [2.24, 2.45) is 0 Å². The molecule has 1 amide bonds. The molecule has 0 radical (unpaired) electrons. The first-order valence-electron chi connectivity index (χ1n) is 14.4. The van der Waals surface area contributed by atoms with Crippen molar-refractivity contribution in [1.29, 1.82) is 0 Å². The average Bonchev–Trinajstić information content (AvgIpc) is 3.00. The number of nitrogens with zero attached hydrogens (tertiary/aromatic N) is 5. The second kappa shape index (κ2) is 13.1. The highest BCUT2D eigenvalue weighted by molar-refractivity contribution is 5.99. The maximum atomic E-state index is 12.0. The number of amides is 1. The molecule has 2 saturated heterocycles. The van der Waals surface area contributed by atoms with E-state index in [-0.39, 0.29) is 5.91 Å². The Hall–Kier alpha value is -4.28. The summed E-state index contributed by atoms with van der Waals surface area (Å²) in [5.41, 5.74) is 4.48. The van der Waals surface area contributed by atoms with Gasteiger partial charge >= 0.3 is 0 Å². The first-order valence-corrected chi connectivity index (χ1v) is 14.4. The van der Waals surface area contributed by atoms with Gasteiger partial charge in [0.05, 0.1) is 12.8 Å². The molecule has 2 aliphatic heterocycles. The number of pyridine rings is 1. The van der Waals surface area contributed by atoms with E-state index < -0.39 is 0 Å². The zero-order chi connectivity index (χ0) is 29.6. The summed E-state index contributed by atoms with van der Waals surface area (Å²) in [4.78, 5) is 26.2. The number of piperazine rings is 2. The number of methoxy groups -OCH3 is 1. The molecule has 10 heteroatoms. The summed E-state index contributed by atoms with van der Waals surface area (Å²) in [6.45, 7) is 13.2. The maximum Gasteiger partial charge on any atom is 0.247 e. The van der Waals surface area contributed by atoms with Crippen LogP contribution >= 0.6 is 0 Å². The molecule has 3 heterocycles. The second-order valence-electron chi connectivity index (χ2n) is 10.9. The van der Waals surface area contributed by atoms with Gasteiger partial charge in [-0.25, -0.2) is 0 Å². The van der Waals surface area contributed by atoms with Crippen LogP contribution in [-0.4, -0.2) is 94.3 Å². The van der Waals surface area contributed by atoms with Crippen LogP contribution in [0.15, 0.2) is 61.2 Å². The Morgan fingerprint density at radius 3 is 2.24 bits per heavy atom. The van der Waals surface area contributed by atoms with Crippen molar-refractivity contribution >= 4 is 34.5 Å². The summed E-state index contributed by atoms with van der Waals surface area (Å²) < 4.78 is 12.2. The lowest BCUT2D eigenvalue weighted by Crippen LogP contribution is -2.44. The topological polar surface area (TPSA) is 85.4 Å². The highest BCUT2D eigenvalue weighted by atomic mass is 16.5. The molecule has 5 rings (SSSR count). The standard InChI is InChI=1S/C32H41N7O3/c1-6-31(40)34-27-22-25(9-7-23(27)2)42-32-28(39-19-15-37(4)16-20-39)11-12-30(35-32)33-26-10-8-24(21-29(26)41-5)38-17-13-36(3)14-18-38/h6-12,21-22H,1,13-20H2,2-5H3,(H,33,35)(H,34,40). The van der Waals surface area contributed by atoms with E-state index in [1.54, 1.807) is 7.11 Å². The fourth-order valence-electron chi connectivity index (χ4n) is 5.14. The molecule has 10 nitrogen and oxygen atoms in total. The molecule has 0 saturated carbocycles. The van der Waals surface area contributed by atoms with Crippen LogP contribution in [0.5, 0.6) is 17.4 Å². The van der Waals surface area contributed by atoms with Crippen molar-refractivity contribution in [1.82, 2.24) is 14.8 Å². The van der Waals surface area contributed by atoms with Crippen LogP contribution in [-0.2, 0) is 4.79 Å². The van der Waals surface area contributed by atoms with Crippen molar-refractivity contribution in [2.45, 2.75) is 6.92 Å². The van der Waals surface area contributed by atoms with Gasteiger partial charge in [0.1, 0.15) is 23.0 Å². The number of aryl methyl sites for hydroxylation is 1. The quantitative estimate of drug-likeness (QED) is 0.359. The predicted molar refractivity (Wildman–Crippen MR) is 170 cm³/mol. The number of aromatic nitrogens is 1. The molecule has 2 fully saturated rings. The van der Waals surface area contributed by atoms with Gasteiger partial charge in [0, 0.05) is 75.9 Å². The number of carbonyl (C=O) groups excluding carboxylic acids is 1. The van der Waals surface area contributed by atoms with Crippen LogP contribution in [0, 0.1) is 6.92 Å². The summed E-state index contributed by atoms with van der Waals surface area (Å²) >= 11 is 0. The largest absolute Gasteiger partial charge is 0.494 e. The first kappa shape index (κ1) is 29.2. The number of rotatable bonds is 9. The number of nitrogens with one attached hydrogen (secondary N) is 2. The van der Waals surface area contributed by atoms with Gasteiger partial charge in [-0.15, -0.1) is 0 Å². The van der Waals surface area contributed by atoms with Crippen molar-refractivity contribution in [3.8, 4) is 17.4 Å². The van der Waals surface area contributed by atoms with Gasteiger partial charge in [-0.1, -0.05) is 12.6 Å². The monoisotopic (exact) mass is 571 g/mol. The van der Waals surface area contributed by atoms with E-state index in [2.05, 4.69) is 69.1 Å². The summed E-state index contributed by atoms with van der Waals surface area (Å²) in [6.07, 6.45) is 1.25. The molecule has 2 aliphatic rings. The molecule has 0 atom stereocenters. The minimum atomic E-state index is -0.273. The zero-order valence-corrected chi connectivity index (χ0v) is 25.0. The normalized spacial score (nSPS) is 16.2. The van der Waals surface area contributed by atoms with Crippen molar-refractivity contribution in [3.05, 3.63) is 66.7 Å². The third kappa shape index (κ3) is 6.95. The molecule has 2 N–H and O–H groups in total. The molecule has 1 aromatic heterocycles. The Balaban J connectivity index is 1.42. The van der Waals surface area contributed by atoms with Crippen LogP contribution in [0.1, 0.15) is 5.56 Å². The summed E-state index contributed by atoms with van der Waals surface area (Å²) in [5, 5.41) is 6.29. The number of hydrogen-bond acceptors (Lipinski definition) is 9. The Morgan fingerprint density at radius 2 is 1.57 bits per heavy atom. The van der Waals surface area contributed by atoms with Gasteiger partial charge in [-0.3, -0.25) is 4.79 Å². The van der Waals surface area contributed by atoms with Gasteiger partial charge in [-0.05, 0) is 63.0 Å². The Bertz CT molecular complexity index is 1410. The summed E-state index contributed by atoms with van der Waals surface area (Å²) in [6, 6.07) is 15.9. The van der Waals surface area contributed by atoms with Gasteiger partial charge in [0.25, 0.3) is 0 Å². The number of likely N-dealkylation sites (N-methyl/N-ethyl adjacent to an activating group) is 2. The zero-order valence-electron chi connectivity index (χ0n) is 25.0. The Kier molecular flexibility index (Phi) is 9.14. The highest BCUT2D eigenvalue weighted by Crippen LogP contribution is 2.37. The van der Waals surface area contributed by atoms with E-state index in [4.69, 9.17) is 14.5 Å². The molecule has 0 unspecified atom stereocenters. The number of ether oxygens (including phenoxy) is 2. The third-order valence-electron chi connectivity index (χ3n) is 7.87. The molecular weight excluding hydrogens is 530 g/mol. The first-order chi connectivity index (χ1) is 20.3. The predicted octanol–water partition coefficient (Wildman–Crippen LogP) is 4.56. The fraction of sp³-hybridized carbons (Fsp3) is 0.375. The number of benzene rings is 2. The number of hydrogen-bond donors (Lipinski definition) is 2. The number of carbonyl (C=O) groups is 1. The van der Waals surface area contributed by atoms with Crippen molar-refractivity contribution in [2.75, 3.05) is 94.0 Å². The molecule has 0 aliphatic carbocycles. The summed E-state index contributed by atoms with van der Waals surface area (Å²) in [7, 11) is 5.98. The van der Waals surface area contributed by atoms with E-state index in [9.17, 15) is 4.79 Å². The molecule has 0 spiro atoms. The van der Waals surface area contributed by atoms with Crippen molar-refractivity contribution < 1.29 is 14.3 Å². The van der Waals surface area contributed by atoms with E-state index in [0.29, 0.717) is 23.1 Å². The molecule has 42 heavy (non-hydrogen) atoms. The minimum absolute atomic E-state index is 0.273. The van der Waals surface area contributed by atoms with Crippen LogP contribution in [0.3, 0.4) is 0 Å². The second-order valence-corrected chi connectivity index (χ2v) is 10.9. The van der Waals surface area contributed by atoms with Crippen LogP contribution in [0.2, 0.25) is 0 Å². The van der Waals surface area contributed by atoms with E-state index >= 15 is 0 Å². The van der Waals surface area contributed by atoms with Crippen molar-refractivity contribution in [3.63, 3.8) is 0 Å².